The molecule has 0 saturated carbocycles. The monoisotopic (exact) mass is 343 g/mol. The molecule has 0 fully saturated rings. The zero-order valence-corrected chi connectivity index (χ0v) is 13.8. The van der Waals surface area contributed by atoms with Crippen LogP contribution in [-0.2, 0) is 13.1 Å². The van der Waals surface area contributed by atoms with Crippen LogP contribution in [-0.4, -0.2) is 37.7 Å². The van der Waals surface area contributed by atoms with Gasteiger partial charge in [0.1, 0.15) is 12.4 Å². The third kappa shape index (κ3) is 3.39. The molecule has 0 amide bonds. The van der Waals surface area contributed by atoms with Crippen molar-refractivity contribution >= 4 is 0 Å². The smallest absolute Gasteiger partial charge is 0.250 e. The molecule has 1 aliphatic heterocycles. The highest BCUT2D eigenvalue weighted by Gasteiger charge is 2.26. The molecule has 25 heavy (non-hydrogen) atoms. The van der Waals surface area contributed by atoms with Gasteiger partial charge in [-0.25, -0.2) is 14.4 Å². The summed E-state index contributed by atoms with van der Waals surface area (Å²) >= 11 is 0. The number of hydrogen-bond donors (Lipinski definition) is 0. The van der Waals surface area contributed by atoms with Crippen LogP contribution in [0.15, 0.2) is 41.4 Å². The maximum Gasteiger partial charge on any atom is 0.250 e. The van der Waals surface area contributed by atoms with Gasteiger partial charge in [0.2, 0.25) is 5.88 Å². The second-order valence-electron chi connectivity index (χ2n) is 6.15. The number of imidazole rings is 1. The number of aromatic nitrogens is 4. The Hall–Kier alpha value is -2.74. The number of nitrogens with zero attached hydrogens (tertiary/aromatic N) is 5. The molecule has 130 valence electrons. The van der Waals surface area contributed by atoms with Crippen molar-refractivity contribution in [1.29, 1.82) is 0 Å². The second-order valence-corrected chi connectivity index (χ2v) is 6.15. The molecule has 4 heterocycles. The van der Waals surface area contributed by atoms with Gasteiger partial charge in [0.25, 0.3) is 0 Å². The van der Waals surface area contributed by atoms with Crippen LogP contribution < -0.4 is 4.74 Å². The average Bonchev–Trinajstić information content (AvgIpc) is 3.23. The predicted molar refractivity (Wildman–Crippen MR) is 86.3 cm³/mol. The third-order valence-electron chi connectivity index (χ3n) is 4.19. The molecule has 0 saturated heterocycles. The summed E-state index contributed by atoms with van der Waals surface area (Å²) in [5.41, 5.74) is 1.97. The van der Waals surface area contributed by atoms with Gasteiger partial charge in [0.05, 0.1) is 23.8 Å². The summed E-state index contributed by atoms with van der Waals surface area (Å²) in [6, 6.07) is 4.82. The van der Waals surface area contributed by atoms with Crippen molar-refractivity contribution in [2.45, 2.75) is 26.1 Å². The summed E-state index contributed by atoms with van der Waals surface area (Å²) in [4.78, 5) is 10.4. The molecule has 0 radical (unpaired) electrons. The van der Waals surface area contributed by atoms with Crippen LogP contribution in [0.4, 0.5) is 4.39 Å². The van der Waals surface area contributed by atoms with E-state index in [0.29, 0.717) is 13.2 Å². The summed E-state index contributed by atoms with van der Waals surface area (Å²) in [5, 5.41) is 4.05. The van der Waals surface area contributed by atoms with E-state index < -0.39 is 5.82 Å². The third-order valence-corrected chi connectivity index (χ3v) is 4.19. The van der Waals surface area contributed by atoms with Gasteiger partial charge in [-0.2, -0.15) is 0 Å². The second kappa shape index (κ2) is 6.64. The average molecular weight is 343 g/mol. The zero-order valence-electron chi connectivity index (χ0n) is 13.8. The molecule has 1 aliphatic rings. The number of hydrogen-bond acceptors (Lipinski definition) is 6. The van der Waals surface area contributed by atoms with Crippen LogP contribution in [0.5, 0.6) is 5.88 Å². The molecule has 3 aromatic rings. The lowest BCUT2D eigenvalue weighted by Gasteiger charge is -2.33. The van der Waals surface area contributed by atoms with Crippen LogP contribution in [0.1, 0.15) is 23.2 Å². The maximum atomic E-state index is 13.7. The summed E-state index contributed by atoms with van der Waals surface area (Å²) in [6.45, 7) is 4.37. The number of rotatable bonds is 5. The largest absolute Gasteiger partial charge is 0.473 e. The van der Waals surface area contributed by atoms with Gasteiger partial charge in [-0.1, -0.05) is 5.16 Å². The Morgan fingerprint density at radius 3 is 3.16 bits per heavy atom. The van der Waals surface area contributed by atoms with Crippen LogP contribution in [0, 0.1) is 12.7 Å². The van der Waals surface area contributed by atoms with Gasteiger partial charge >= 0.3 is 0 Å². The highest BCUT2D eigenvalue weighted by molar-refractivity contribution is 5.13. The molecule has 0 aromatic carbocycles. The summed E-state index contributed by atoms with van der Waals surface area (Å²) in [5.74, 6) is 0.357. The van der Waals surface area contributed by atoms with Crippen LogP contribution in [0.25, 0.3) is 0 Å². The van der Waals surface area contributed by atoms with Gasteiger partial charge in [0.15, 0.2) is 5.82 Å². The predicted octanol–water partition coefficient (Wildman–Crippen LogP) is 2.35. The first-order chi connectivity index (χ1) is 12.2. The lowest BCUT2D eigenvalue weighted by atomic mass is 10.2. The molecule has 0 N–H and O–H groups in total. The molecule has 4 rings (SSSR count). The van der Waals surface area contributed by atoms with E-state index in [1.54, 1.807) is 12.4 Å². The van der Waals surface area contributed by atoms with E-state index in [9.17, 15) is 4.39 Å². The summed E-state index contributed by atoms with van der Waals surface area (Å²) in [7, 11) is 0. The van der Waals surface area contributed by atoms with E-state index in [0.717, 1.165) is 30.2 Å². The van der Waals surface area contributed by atoms with E-state index in [4.69, 9.17) is 9.26 Å². The van der Waals surface area contributed by atoms with Crippen LogP contribution in [0.2, 0.25) is 0 Å². The molecular formula is C17H18FN5O2. The molecule has 0 spiro atoms. The minimum Gasteiger partial charge on any atom is -0.473 e. The van der Waals surface area contributed by atoms with Gasteiger partial charge in [-0.3, -0.25) is 4.90 Å². The van der Waals surface area contributed by atoms with E-state index in [2.05, 4.69) is 24.6 Å². The fourth-order valence-corrected chi connectivity index (χ4v) is 3.09. The quantitative estimate of drug-likeness (QED) is 0.708. The standard InChI is InChI=1S/C17H18FN5O2/c1-12-5-13(21-25-12)7-22-8-14-6-19-11-23(14)15(9-22)10-24-17-16(18)3-2-4-20-17/h2-6,11,15H,7-10H2,1H3. The maximum absolute atomic E-state index is 13.7. The molecule has 7 nitrogen and oxygen atoms in total. The van der Waals surface area contributed by atoms with Gasteiger partial charge in [0, 0.05) is 38.1 Å². The van der Waals surface area contributed by atoms with Crippen molar-refractivity contribution in [3.8, 4) is 5.88 Å². The Kier molecular flexibility index (Phi) is 4.19. The number of fused-ring (bicyclic) bond motifs is 1. The van der Waals surface area contributed by atoms with E-state index in [-0.39, 0.29) is 11.9 Å². The normalized spacial score (nSPS) is 17.4. The molecule has 1 atom stereocenters. The minimum absolute atomic E-state index is 0.0145. The number of halogens is 1. The minimum atomic E-state index is -0.459. The number of aryl methyl sites for hydroxylation is 1. The summed E-state index contributed by atoms with van der Waals surface area (Å²) < 4.78 is 26.5. The topological polar surface area (TPSA) is 69.2 Å². The molecular weight excluding hydrogens is 325 g/mol. The fourth-order valence-electron chi connectivity index (χ4n) is 3.09. The van der Waals surface area contributed by atoms with Crippen molar-refractivity contribution in [1.82, 2.24) is 24.6 Å². The van der Waals surface area contributed by atoms with Crippen LogP contribution >= 0.6 is 0 Å². The van der Waals surface area contributed by atoms with E-state index in [1.807, 2.05) is 19.2 Å². The van der Waals surface area contributed by atoms with Gasteiger partial charge < -0.3 is 13.8 Å². The highest BCUT2D eigenvalue weighted by Crippen LogP contribution is 2.24. The first-order valence-corrected chi connectivity index (χ1v) is 8.07. The Balaban J connectivity index is 1.48. The van der Waals surface area contributed by atoms with Crippen molar-refractivity contribution in [2.75, 3.05) is 13.2 Å². The van der Waals surface area contributed by atoms with E-state index >= 15 is 0 Å². The van der Waals surface area contributed by atoms with Crippen molar-refractivity contribution < 1.29 is 13.7 Å². The number of ether oxygens (including phenoxy) is 1. The van der Waals surface area contributed by atoms with Crippen LogP contribution in [0.3, 0.4) is 0 Å². The summed E-state index contributed by atoms with van der Waals surface area (Å²) in [6.07, 6.45) is 5.14. The lowest BCUT2D eigenvalue weighted by molar-refractivity contribution is 0.130. The first kappa shape index (κ1) is 15.8. The molecule has 0 aliphatic carbocycles. The molecule has 0 bridgehead atoms. The van der Waals surface area contributed by atoms with E-state index in [1.165, 1.54) is 12.3 Å². The Labute approximate surface area is 144 Å². The Bertz CT molecular complexity index is 862. The molecule has 8 heteroatoms. The Morgan fingerprint density at radius 1 is 1.44 bits per heavy atom. The zero-order chi connectivity index (χ0) is 17.2. The molecule has 3 aromatic heterocycles. The van der Waals surface area contributed by atoms with Crippen molar-refractivity contribution in [3.63, 3.8) is 0 Å². The van der Waals surface area contributed by atoms with Crippen molar-refractivity contribution in [2.24, 2.45) is 0 Å². The van der Waals surface area contributed by atoms with Crippen molar-refractivity contribution in [3.05, 3.63) is 59.9 Å². The van der Waals surface area contributed by atoms with Gasteiger partial charge in [-0.15, -0.1) is 0 Å². The fraction of sp³-hybridized carbons (Fsp3) is 0.353. The molecule has 1 unspecified atom stereocenters. The Morgan fingerprint density at radius 2 is 2.36 bits per heavy atom. The van der Waals surface area contributed by atoms with Gasteiger partial charge in [-0.05, 0) is 19.1 Å². The SMILES string of the molecule is Cc1cc(CN2Cc3cncn3C(COc3ncccc3F)C2)no1. The lowest BCUT2D eigenvalue weighted by Crippen LogP contribution is -2.39. The highest BCUT2D eigenvalue weighted by atomic mass is 19.1. The first-order valence-electron chi connectivity index (χ1n) is 8.07. The number of pyridine rings is 1.